The Morgan fingerprint density at radius 3 is 2.67 bits per heavy atom. The number of amides is 1. The Hall–Kier alpha value is -1.83. The van der Waals surface area contributed by atoms with Crippen LogP contribution in [0.5, 0.6) is 0 Å². The fourth-order valence-electron chi connectivity index (χ4n) is 2.91. The number of para-hydroxylation sites is 1. The highest BCUT2D eigenvalue weighted by Crippen LogP contribution is 2.48. The van der Waals surface area contributed by atoms with Crippen molar-refractivity contribution in [1.29, 1.82) is 0 Å². The van der Waals surface area contributed by atoms with Gasteiger partial charge in [-0.15, -0.1) is 0 Å². The van der Waals surface area contributed by atoms with E-state index in [1.54, 1.807) is 0 Å². The number of benzene rings is 1. The molecule has 0 saturated carbocycles. The predicted molar refractivity (Wildman–Crippen MR) is 73.0 cm³/mol. The molecule has 1 aliphatic carbocycles. The number of carbonyl (C=O) groups excluding carboxylic acids is 1. The predicted octanol–water partition coefficient (Wildman–Crippen LogP) is 3.52. The first kappa shape index (κ1) is 11.3. The normalized spacial score (nSPS) is 25.0. The summed E-state index contributed by atoms with van der Waals surface area (Å²) in [6.07, 6.45) is 7.23. The molecule has 1 unspecified atom stereocenters. The zero-order valence-electron chi connectivity index (χ0n) is 10.8. The molecule has 0 radical (unpaired) electrons. The van der Waals surface area contributed by atoms with Gasteiger partial charge < -0.3 is 0 Å². The Balaban J connectivity index is 2.12. The van der Waals surface area contributed by atoms with Crippen LogP contribution in [-0.4, -0.2) is 5.91 Å². The molecule has 1 aliphatic heterocycles. The summed E-state index contributed by atoms with van der Waals surface area (Å²) >= 11 is 0. The molecule has 0 bridgehead atoms. The molecule has 2 aliphatic rings. The third-order valence-electron chi connectivity index (χ3n) is 4.03. The fourth-order valence-corrected chi connectivity index (χ4v) is 2.91. The van der Waals surface area contributed by atoms with Crippen LogP contribution >= 0.6 is 0 Å². The Morgan fingerprint density at radius 1 is 1.22 bits per heavy atom. The number of hydrogen-bond donors (Lipinski definition) is 0. The second kappa shape index (κ2) is 3.84. The van der Waals surface area contributed by atoms with Crippen LogP contribution in [0.25, 0.3) is 0 Å². The van der Waals surface area contributed by atoms with Gasteiger partial charge in [-0.1, -0.05) is 44.2 Å². The standard InChI is InChI=1S/C16H17NO/c1-16(2)13-10-6-7-11-14(13)17(15(16)18)12-8-4-3-5-9-12/h3-9,11,13H,10H2,1-2H3. The van der Waals surface area contributed by atoms with Crippen LogP contribution in [0.1, 0.15) is 20.3 Å². The molecule has 18 heavy (non-hydrogen) atoms. The van der Waals surface area contributed by atoms with Crippen molar-refractivity contribution in [2.45, 2.75) is 20.3 Å². The average molecular weight is 239 g/mol. The lowest BCUT2D eigenvalue weighted by molar-refractivity contribution is -0.125. The van der Waals surface area contributed by atoms with E-state index in [2.05, 4.69) is 32.1 Å². The van der Waals surface area contributed by atoms with Gasteiger partial charge in [0.25, 0.3) is 0 Å². The summed E-state index contributed by atoms with van der Waals surface area (Å²) in [4.78, 5) is 14.5. The molecule has 0 aromatic heterocycles. The van der Waals surface area contributed by atoms with Crippen LogP contribution in [0.15, 0.2) is 54.3 Å². The van der Waals surface area contributed by atoms with Gasteiger partial charge >= 0.3 is 0 Å². The molecule has 2 nitrogen and oxygen atoms in total. The zero-order chi connectivity index (χ0) is 12.8. The maximum Gasteiger partial charge on any atom is 0.237 e. The van der Waals surface area contributed by atoms with Gasteiger partial charge in [-0.05, 0) is 24.6 Å². The van der Waals surface area contributed by atoms with E-state index in [9.17, 15) is 4.79 Å². The number of carbonyl (C=O) groups is 1. The molecule has 1 aromatic carbocycles. The third kappa shape index (κ3) is 1.45. The van der Waals surface area contributed by atoms with Crippen molar-refractivity contribution in [3.05, 3.63) is 54.3 Å². The molecule has 1 amide bonds. The maximum atomic E-state index is 12.7. The van der Waals surface area contributed by atoms with Gasteiger partial charge in [-0.2, -0.15) is 0 Å². The number of fused-ring (bicyclic) bond motifs is 1. The minimum absolute atomic E-state index is 0.202. The highest BCUT2D eigenvalue weighted by atomic mass is 16.2. The average Bonchev–Trinajstić information content (AvgIpc) is 2.60. The molecule has 1 heterocycles. The lowest BCUT2D eigenvalue weighted by Crippen LogP contribution is -2.31. The van der Waals surface area contributed by atoms with Gasteiger partial charge in [-0.3, -0.25) is 9.69 Å². The van der Waals surface area contributed by atoms with E-state index < -0.39 is 0 Å². The number of hydrogen-bond acceptors (Lipinski definition) is 1. The minimum atomic E-state index is -0.313. The zero-order valence-corrected chi connectivity index (χ0v) is 10.8. The second-order valence-corrected chi connectivity index (χ2v) is 5.51. The Bertz CT molecular complexity index is 539. The molecule has 92 valence electrons. The quantitative estimate of drug-likeness (QED) is 0.734. The van der Waals surface area contributed by atoms with E-state index in [-0.39, 0.29) is 11.3 Å². The van der Waals surface area contributed by atoms with Gasteiger partial charge in [0, 0.05) is 17.3 Å². The monoisotopic (exact) mass is 239 g/mol. The second-order valence-electron chi connectivity index (χ2n) is 5.51. The van der Waals surface area contributed by atoms with Crippen molar-refractivity contribution in [1.82, 2.24) is 0 Å². The van der Waals surface area contributed by atoms with Crippen molar-refractivity contribution >= 4 is 11.6 Å². The van der Waals surface area contributed by atoms with Crippen LogP contribution in [0.3, 0.4) is 0 Å². The first-order chi connectivity index (χ1) is 8.62. The molecule has 3 rings (SSSR count). The summed E-state index contributed by atoms with van der Waals surface area (Å²) in [6, 6.07) is 9.91. The van der Waals surface area contributed by atoms with E-state index in [1.807, 2.05) is 35.2 Å². The minimum Gasteiger partial charge on any atom is -0.284 e. The van der Waals surface area contributed by atoms with Gasteiger partial charge in [-0.25, -0.2) is 0 Å². The first-order valence-corrected chi connectivity index (χ1v) is 6.38. The Morgan fingerprint density at radius 2 is 1.94 bits per heavy atom. The van der Waals surface area contributed by atoms with E-state index in [4.69, 9.17) is 0 Å². The fraction of sp³-hybridized carbons (Fsp3) is 0.312. The van der Waals surface area contributed by atoms with E-state index in [1.165, 1.54) is 0 Å². The smallest absolute Gasteiger partial charge is 0.237 e. The molecule has 0 N–H and O–H groups in total. The SMILES string of the molecule is CC1(C)C(=O)N(c2ccccc2)C2=CC=CCC21. The van der Waals surface area contributed by atoms with Crippen LogP contribution in [0.4, 0.5) is 5.69 Å². The van der Waals surface area contributed by atoms with Gasteiger partial charge in [0.15, 0.2) is 0 Å². The molecule has 0 spiro atoms. The van der Waals surface area contributed by atoms with Crippen molar-refractivity contribution in [2.75, 3.05) is 4.90 Å². The third-order valence-corrected chi connectivity index (χ3v) is 4.03. The van der Waals surface area contributed by atoms with Crippen LogP contribution in [0.2, 0.25) is 0 Å². The topological polar surface area (TPSA) is 20.3 Å². The molecule has 2 heteroatoms. The Kier molecular flexibility index (Phi) is 2.40. The summed E-state index contributed by atoms with van der Waals surface area (Å²) in [5.41, 5.74) is 1.80. The van der Waals surface area contributed by atoms with E-state index >= 15 is 0 Å². The van der Waals surface area contributed by atoms with Crippen molar-refractivity contribution in [2.24, 2.45) is 11.3 Å². The van der Waals surface area contributed by atoms with Crippen molar-refractivity contribution in [3.63, 3.8) is 0 Å². The van der Waals surface area contributed by atoms with Crippen LogP contribution in [-0.2, 0) is 4.79 Å². The molecule has 1 saturated heterocycles. The molecule has 1 aromatic rings. The molecule has 1 atom stereocenters. The first-order valence-electron chi connectivity index (χ1n) is 6.38. The van der Waals surface area contributed by atoms with Crippen LogP contribution in [0, 0.1) is 11.3 Å². The summed E-state index contributed by atoms with van der Waals surface area (Å²) in [6.45, 7) is 4.10. The summed E-state index contributed by atoms with van der Waals surface area (Å²) in [5, 5.41) is 0. The van der Waals surface area contributed by atoms with Crippen LogP contribution < -0.4 is 4.90 Å². The van der Waals surface area contributed by atoms with Gasteiger partial charge in [0.2, 0.25) is 5.91 Å². The van der Waals surface area contributed by atoms with E-state index in [0.29, 0.717) is 5.92 Å². The van der Waals surface area contributed by atoms with Gasteiger partial charge in [0.05, 0.1) is 5.41 Å². The molecular weight excluding hydrogens is 222 g/mol. The summed E-state index contributed by atoms with van der Waals surface area (Å²) in [5.74, 6) is 0.504. The summed E-state index contributed by atoms with van der Waals surface area (Å²) in [7, 11) is 0. The van der Waals surface area contributed by atoms with Crippen molar-refractivity contribution in [3.8, 4) is 0 Å². The largest absolute Gasteiger partial charge is 0.284 e. The number of rotatable bonds is 1. The molecule has 1 fully saturated rings. The van der Waals surface area contributed by atoms with Crippen molar-refractivity contribution < 1.29 is 4.79 Å². The Labute approximate surface area is 108 Å². The lowest BCUT2D eigenvalue weighted by Gasteiger charge is -2.23. The highest BCUT2D eigenvalue weighted by molar-refractivity contribution is 6.04. The van der Waals surface area contributed by atoms with E-state index in [0.717, 1.165) is 17.8 Å². The highest BCUT2D eigenvalue weighted by Gasteiger charge is 2.50. The number of anilines is 1. The lowest BCUT2D eigenvalue weighted by atomic mass is 9.77. The number of nitrogens with zero attached hydrogens (tertiary/aromatic N) is 1. The summed E-state index contributed by atoms with van der Waals surface area (Å²) < 4.78 is 0. The molecular formula is C16H17NO. The maximum absolute atomic E-state index is 12.7. The number of allylic oxidation sites excluding steroid dienone is 4. The van der Waals surface area contributed by atoms with Gasteiger partial charge in [0.1, 0.15) is 0 Å².